The summed E-state index contributed by atoms with van der Waals surface area (Å²) in [5.74, 6) is -0.207. The number of hydrogen-bond acceptors (Lipinski definition) is 4. The molecular weight excluding hydrogens is 346 g/mol. The van der Waals surface area contributed by atoms with Crippen LogP contribution >= 0.6 is 0 Å². The standard InChI is InChI=1S/C20H21N3O4/c1-3-19(24)22-9-8-14-4-6-17(11-16(14)12-22)21-20(25)15-5-7-18(23(26)27)13(2)10-15/h4-7,10-11H,3,8-9,12H2,1-2H3,(H,21,25). The van der Waals surface area contributed by atoms with E-state index in [0.29, 0.717) is 36.3 Å². The molecule has 0 unspecified atom stereocenters. The highest BCUT2D eigenvalue weighted by Gasteiger charge is 2.20. The van der Waals surface area contributed by atoms with Crippen molar-refractivity contribution >= 4 is 23.2 Å². The zero-order valence-corrected chi connectivity index (χ0v) is 15.3. The lowest BCUT2D eigenvalue weighted by Crippen LogP contribution is -2.35. The third-order valence-electron chi connectivity index (χ3n) is 4.79. The molecule has 140 valence electrons. The summed E-state index contributed by atoms with van der Waals surface area (Å²) in [5, 5.41) is 13.7. The molecule has 27 heavy (non-hydrogen) atoms. The normalized spacial score (nSPS) is 13.0. The maximum absolute atomic E-state index is 12.5. The number of nitro benzene ring substituents is 1. The number of nitrogens with one attached hydrogen (secondary N) is 1. The molecular formula is C20H21N3O4. The molecule has 2 aromatic rings. The summed E-state index contributed by atoms with van der Waals surface area (Å²) in [5.41, 5.74) is 3.63. The number of nitrogens with zero attached hydrogens (tertiary/aromatic N) is 2. The topological polar surface area (TPSA) is 92.6 Å². The fourth-order valence-electron chi connectivity index (χ4n) is 3.28. The van der Waals surface area contributed by atoms with Crippen molar-refractivity contribution in [1.29, 1.82) is 0 Å². The Hall–Kier alpha value is -3.22. The zero-order valence-electron chi connectivity index (χ0n) is 15.3. The van der Waals surface area contributed by atoms with Crippen molar-refractivity contribution in [1.82, 2.24) is 4.90 Å². The molecule has 0 fully saturated rings. The van der Waals surface area contributed by atoms with E-state index in [2.05, 4.69) is 5.32 Å². The van der Waals surface area contributed by atoms with Crippen molar-refractivity contribution < 1.29 is 14.5 Å². The molecule has 1 aliphatic heterocycles. The third-order valence-corrected chi connectivity index (χ3v) is 4.79. The van der Waals surface area contributed by atoms with Gasteiger partial charge in [0.05, 0.1) is 4.92 Å². The van der Waals surface area contributed by atoms with Crippen molar-refractivity contribution in [3.63, 3.8) is 0 Å². The predicted octanol–water partition coefficient (Wildman–Crippen LogP) is 3.45. The van der Waals surface area contributed by atoms with Crippen LogP contribution in [-0.4, -0.2) is 28.2 Å². The summed E-state index contributed by atoms with van der Waals surface area (Å²) in [4.78, 5) is 36.7. The van der Waals surface area contributed by atoms with Crippen LogP contribution in [0.3, 0.4) is 0 Å². The summed E-state index contributed by atoms with van der Waals surface area (Å²) in [6.45, 7) is 4.71. The molecule has 1 heterocycles. The van der Waals surface area contributed by atoms with Crippen molar-refractivity contribution in [3.05, 3.63) is 68.8 Å². The molecule has 1 N–H and O–H groups in total. The molecule has 2 aromatic carbocycles. The first-order valence-corrected chi connectivity index (χ1v) is 8.85. The second-order valence-corrected chi connectivity index (χ2v) is 6.61. The average Bonchev–Trinajstić information content (AvgIpc) is 2.66. The monoisotopic (exact) mass is 367 g/mol. The van der Waals surface area contributed by atoms with Gasteiger partial charge in [-0.25, -0.2) is 0 Å². The number of amides is 2. The van der Waals surface area contributed by atoms with Gasteiger partial charge in [0.25, 0.3) is 11.6 Å². The van der Waals surface area contributed by atoms with Gasteiger partial charge in [-0.05, 0) is 48.7 Å². The quantitative estimate of drug-likeness (QED) is 0.662. The van der Waals surface area contributed by atoms with Gasteiger partial charge in [-0.15, -0.1) is 0 Å². The van der Waals surface area contributed by atoms with Gasteiger partial charge in [-0.2, -0.15) is 0 Å². The minimum absolute atomic E-state index is 0.0130. The highest BCUT2D eigenvalue weighted by molar-refractivity contribution is 6.04. The SMILES string of the molecule is CCC(=O)N1CCc2ccc(NC(=O)c3ccc([N+](=O)[O-])c(C)c3)cc2C1. The third kappa shape index (κ3) is 3.97. The largest absolute Gasteiger partial charge is 0.338 e. The Labute approximate surface area is 157 Å². The van der Waals surface area contributed by atoms with E-state index in [0.717, 1.165) is 12.0 Å². The molecule has 2 amide bonds. The van der Waals surface area contributed by atoms with Crippen LogP contribution in [0.15, 0.2) is 36.4 Å². The molecule has 3 rings (SSSR count). The van der Waals surface area contributed by atoms with Gasteiger partial charge >= 0.3 is 0 Å². The smallest absolute Gasteiger partial charge is 0.272 e. The maximum Gasteiger partial charge on any atom is 0.272 e. The van der Waals surface area contributed by atoms with Crippen molar-refractivity contribution in [2.45, 2.75) is 33.2 Å². The van der Waals surface area contributed by atoms with Crippen LogP contribution in [0.25, 0.3) is 0 Å². The molecule has 7 heteroatoms. The molecule has 1 aliphatic rings. The Morgan fingerprint density at radius 3 is 2.63 bits per heavy atom. The first-order valence-electron chi connectivity index (χ1n) is 8.85. The van der Waals surface area contributed by atoms with Crippen LogP contribution in [0.1, 0.15) is 40.4 Å². The molecule has 0 aliphatic carbocycles. The van der Waals surface area contributed by atoms with Gasteiger partial charge < -0.3 is 10.2 Å². The number of hydrogen-bond donors (Lipinski definition) is 1. The number of anilines is 1. The number of rotatable bonds is 4. The lowest BCUT2D eigenvalue weighted by Gasteiger charge is -2.29. The van der Waals surface area contributed by atoms with Gasteiger partial charge in [0.1, 0.15) is 0 Å². The van der Waals surface area contributed by atoms with Gasteiger partial charge in [0.15, 0.2) is 0 Å². The molecule has 0 aromatic heterocycles. The van der Waals surface area contributed by atoms with Crippen LogP contribution in [0.2, 0.25) is 0 Å². The van der Waals surface area contributed by atoms with Crippen molar-refractivity contribution in [2.75, 3.05) is 11.9 Å². The predicted molar refractivity (Wildman–Crippen MR) is 102 cm³/mol. The summed E-state index contributed by atoms with van der Waals surface area (Å²) in [6, 6.07) is 9.99. The maximum atomic E-state index is 12.5. The number of benzene rings is 2. The number of carbonyl (C=O) groups is 2. The van der Waals surface area contributed by atoms with E-state index in [4.69, 9.17) is 0 Å². The molecule has 0 radical (unpaired) electrons. The minimum Gasteiger partial charge on any atom is -0.338 e. The van der Waals surface area contributed by atoms with Gasteiger partial charge in [-0.3, -0.25) is 19.7 Å². The van der Waals surface area contributed by atoms with E-state index in [1.165, 1.54) is 23.8 Å². The summed E-state index contributed by atoms with van der Waals surface area (Å²) >= 11 is 0. The van der Waals surface area contributed by atoms with Crippen LogP contribution < -0.4 is 5.32 Å². The van der Waals surface area contributed by atoms with Gasteiger partial charge in [-0.1, -0.05) is 13.0 Å². The van der Waals surface area contributed by atoms with E-state index >= 15 is 0 Å². The molecule has 0 saturated carbocycles. The number of fused-ring (bicyclic) bond motifs is 1. The average molecular weight is 367 g/mol. The number of nitro groups is 1. The number of carbonyl (C=O) groups excluding carboxylic acids is 2. The van der Waals surface area contributed by atoms with Crippen LogP contribution in [0, 0.1) is 17.0 Å². The van der Waals surface area contributed by atoms with Gasteiger partial charge in [0, 0.05) is 42.4 Å². The highest BCUT2D eigenvalue weighted by Crippen LogP contribution is 2.24. The Morgan fingerprint density at radius 1 is 1.19 bits per heavy atom. The second kappa shape index (κ2) is 7.57. The van der Waals surface area contributed by atoms with Crippen molar-refractivity contribution in [3.8, 4) is 0 Å². The summed E-state index contributed by atoms with van der Waals surface area (Å²) in [7, 11) is 0. The van der Waals surface area contributed by atoms with E-state index < -0.39 is 4.92 Å². The zero-order chi connectivity index (χ0) is 19.6. The van der Waals surface area contributed by atoms with E-state index in [1.54, 1.807) is 6.92 Å². The summed E-state index contributed by atoms with van der Waals surface area (Å²) in [6.07, 6.45) is 1.28. The Morgan fingerprint density at radius 2 is 1.96 bits per heavy atom. The molecule has 0 bridgehead atoms. The molecule has 0 spiro atoms. The first-order chi connectivity index (χ1) is 12.9. The first kappa shape index (κ1) is 18.6. The summed E-state index contributed by atoms with van der Waals surface area (Å²) < 4.78 is 0. The van der Waals surface area contributed by atoms with Crippen LogP contribution in [-0.2, 0) is 17.8 Å². The molecule has 0 atom stereocenters. The Bertz CT molecular complexity index is 923. The lowest BCUT2D eigenvalue weighted by atomic mass is 9.98. The van der Waals surface area contributed by atoms with E-state index in [9.17, 15) is 19.7 Å². The van der Waals surface area contributed by atoms with Gasteiger partial charge in [0.2, 0.25) is 5.91 Å². The van der Waals surface area contributed by atoms with Crippen LogP contribution in [0.4, 0.5) is 11.4 Å². The minimum atomic E-state index is -0.468. The van der Waals surface area contributed by atoms with Crippen molar-refractivity contribution in [2.24, 2.45) is 0 Å². The fraction of sp³-hybridized carbons (Fsp3) is 0.300. The lowest BCUT2D eigenvalue weighted by molar-refractivity contribution is -0.385. The Kier molecular flexibility index (Phi) is 5.21. The molecule has 7 nitrogen and oxygen atoms in total. The second-order valence-electron chi connectivity index (χ2n) is 6.61. The van der Waals surface area contributed by atoms with Crippen LogP contribution in [0.5, 0.6) is 0 Å². The molecule has 0 saturated heterocycles. The van der Waals surface area contributed by atoms with E-state index in [1.807, 2.05) is 30.0 Å². The fourth-order valence-corrected chi connectivity index (χ4v) is 3.28. The Balaban J connectivity index is 1.77. The highest BCUT2D eigenvalue weighted by atomic mass is 16.6. The van der Waals surface area contributed by atoms with E-state index in [-0.39, 0.29) is 17.5 Å². The number of aryl methyl sites for hydroxylation is 1.